The van der Waals surface area contributed by atoms with Crippen molar-refractivity contribution in [2.75, 3.05) is 13.2 Å². The summed E-state index contributed by atoms with van der Waals surface area (Å²) in [6, 6.07) is 0. The third-order valence-electron chi connectivity index (χ3n) is 4.04. The summed E-state index contributed by atoms with van der Waals surface area (Å²) in [5.74, 6) is 1.18. The lowest BCUT2D eigenvalue weighted by molar-refractivity contribution is -0.146. The molecule has 3 heteroatoms. The predicted octanol–water partition coefficient (Wildman–Crippen LogP) is 2.74. The lowest BCUT2D eigenvalue weighted by Crippen LogP contribution is -2.55. The second-order valence-electron chi connectivity index (χ2n) is 5.46. The fourth-order valence-electron chi connectivity index (χ4n) is 3.11. The highest BCUT2D eigenvalue weighted by Gasteiger charge is 2.41. The maximum absolute atomic E-state index is 11.8. The van der Waals surface area contributed by atoms with E-state index in [0.29, 0.717) is 24.9 Å². The van der Waals surface area contributed by atoms with Gasteiger partial charge in [0.25, 0.3) is 0 Å². The molecule has 1 N–H and O–H groups in total. The number of rotatable bonds is 5. The second-order valence-corrected chi connectivity index (χ2v) is 5.46. The Morgan fingerprint density at radius 1 is 1.35 bits per heavy atom. The Bertz CT molecular complexity index is 255. The Morgan fingerprint density at radius 2 is 2.06 bits per heavy atom. The summed E-state index contributed by atoms with van der Waals surface area (Å²) in [6.45, 7) is 9.90. The quantitative estimate of drug-likeness (QED) is 0.752. The van der Waals surface area contributed by atoms with E-state index in [1.807, 2.05) is 6.92 Å². The molecule has 100 valence electrons. The van der Waals surface area contributed by atoms with Crippen LogP contribution in [0.1, 0.15) is 53.4 Å². The molecule has 0 radical (unpaired) electrons. The molecule has 17 heavy (non-hydrogen) atoms. The average Bonchev–Trinajstić information content (AvgIpc) is 2.24. The van der Waals surface area contributed by atoms with Gasteiger partial charge >= 0.3 is 5.97 Å². The smallest absolute Gasteiger partial charge is 0.307 e. The third-order valence-corrected chi connectivity index (χ3v) is 4.04. The largest absolute Gasteiger partial charge is 0.466 e. The summed E-state index contributed by atoms with van der Waals surface area (Å²) in [4.78, 5) is 11.8. The number of carbonyl (C=O) groups excluding carboxylic acids is 1. The van der Waals surface area contributed by atoms with Crippen LogP contribution in [0.25, 0.3) is 0 Å². The van der Waals surface area contributed by atoms with Gasteiger partial charge in [0.1, 0.15) is 0 Å². The van der Waals surface area contributed by atoms with E-state index in [0.717, 1.165) is 13.0 Å². The fraction of sp³-hybridized carbons (Fsp3) is 0.929. The van der Waals surface area contributed by atoms with Crippen LogP contribution in [0.2, 0.25) is 0 Å². The summed E-state index contributed by atoms with van der Waals surface area (Å²) < 4.78 is 5.12. The minimum Gasteiger partial charge on any atom is -0.466 e. The molecule has 1 saturated carbocycles. The van der Waals surface area contributed by atoms with Crippen LogP contribution in [0.3, 0.4) is 0 Å². The molecule has 0 saturated heterocycles. The van der Waals surface area contributed by atoms with E-state index >= 15 is 0 Å². The SMILES string of the molecule is CCNC1(CC(=O)OCC)CC(C)CCC1C. The van der Waals surface area contributed by atoms with Crippen molar-refractivity contribution in [1.82, 2.24) is 5.32 Å². The van der Waals surface area contributed by atoms with Crippen LogP contribution >= 0.6 is 0 Å². The lowest BCUT2D eigenvalue weighted by Gasteiger charge is -2.45. The zero-order valence-electron chi connectivity index (χ0n) is 11.7. The van der Waals surface area contributed by atoms with Crippen LogP contribution < -0.4 is 5.32 Å². The van der Waals surface area contributed by atoms with Gasteiger partial charge in [-0.15, -0.1) is 0 Å². The highest BCUT2D eigenvalue weighted by atomic mass is 16.5. The summed E-state index contributed by atoms with van der Waals surface area (Å²) in [5, 5.41) is 3.57. The predicted molar refractivity (Wildman–Crippen MR) is 69.8 cm³/mol. The molecule has 0 aliphatic heterocycles. The van der Waals surface area contributed by atoms with Crippen LogP contribution in [-0.2, 0) is 9.53 Å². The first-order chi connectivity index (χ1) is 8.04. The van der Waals surface area contributed by atoms with Crippen LogP contribution in [-0.4, -0.2) is 24.7 Å². The first-order valence-electron chi connectivity index (χ1n) is 6.94. The summed E-state index contributed by atoms with van der Waals surface area (Å²) in [5.41, 5.74) is -0.0430. The van der Waals surface area contributed by atoms with E-state index in [9.17, 15) is 4.79 Å². The molecular weight excluding hydrogens is 214 g/mol. The fourth-order valence-corrected chi connectivity index (χ4v) is 3.11. The molecule has 0 aromatic carbocycles. The van der Waals surface area contributed by atoms with Crippen LogP contribution in [0, 0.1) is 11.8 Å². The summed E-state index contributed by atoms with van der Waals surface area (Å²) in [7, 11) is 0. The second kappa shape index (κ2) is 6.39. The zero-order chi connectivity index (χ0) is 12.9. The standard InChI is InChI=1S/C14H27NO2/c1-5-15-14(10-13(16)17-6-2)9-11(3)7-8-12(14)4/h11-12,15H,5-10H2,1-4H3. The number of ether oxygens (including phenoxy) is 1. The normalized spacial score (nSPS) is 33.4. The maximum atomic E-state index is 11.8. The summed E-state index contributed by atoms with van der Waals surface area (Å²) in [6.07, 6.45) is 4.08. The molecule has 3 atom stereocenters. The van der Waals surface area contributed by atoms with Gasteiger partial charge in [0.15, 0.2) is 0 Å². The van der Waals surface area contributed by atoms with Gasteiger partial charge in [-0.05, 0) is 38.1 Å². The van der Waals surface area contributed by atoms with Crippen molar-refractivity contribution < 1.29 is 9.53 Å². The van der Waals surface area contributed by atoms with E-state index in [1.54, 1.807) is 0 Å². The number of hydrogen-bond donors (Lipinski definition) is 1. The van der Waals surface area contributed by atoms with Gasteiger partial charge in [0.05, 0.1) is 13.0 Å². The molecule has 1 fully saturated rings. The number of nitrogens with one attached hydrogen (secondary N) is 1. The van der Waals surface area contributed by atoms with E-state index in [2.05, 4.69) is 26.1 Å². The molecule has 0 heterocycles. The Morgan fingerprint density at radius 3 is 2.65 bits per heavy atom. The van der Waals surface area contributed by atoms with Crippen molar-refractivity contribution in [3.8, 4) is 0 Å². The minimum atomic E-state index is -0.0607. The van der Waals surface area contributed by atoms with Crippen LogP contribution in [0.4, 0.5) is 0 Å². The molecule has 1 aliphatic rings. The number of hydrogen-bond acceptors (Lipinski definition) is 3. The molecule has 0 amide bonds. The van der Waals surface area contributed by atoms with Crippen LogP contribution in [0.15, 0.2) is 0 Å². The summed E-state index contributed by atoms with van der Waals surface area (Å²) >= 11 is 0. The van der Waals surface area contributed by atoms with Gasteiger partial charge in [-0.3, -0.25) is 4.79 Å². The highest BCUT2D eigenvalue weighted by molar-refractivity contribution is 5.71. The van der Waals surface area contributed by atoms with Crippen molar-refractivity contribution in [3.05, 3.63) is 0 Å². The van der Waals surface area contributed by atoms with E-state index in [4.69, 9.17) is 4.74 Å². The first-order valence-corrected chi connectivity index (χ1v) is 6.94. The van der Waals surface area contributed by atoms with Gasteiger partial charge in [-0.1, -0.05) is 27.2 Å². The molecule has 0 bridgehead atoms. The molecular formula is C14H27NO2. The Balaban J connectivity index is 2.75. The van der Waals surface area contributed by atoms with Crippen molar-refractivity contribution in [1.29, 1.82) is 0 Å². The Hall–Kier alpha value is -0.570. The number of esters is 1. The van der Waals surface area contributed by atoms with Gasteiger partial charge in [-0.2, -0.15) is 0 Å². The monoisotopic (exact) mass is 241 g/mol. The molecule has 3 nitrogen and oxygen atoms in total. The van der Waals surface area contributed by atoms with Gasteiger partial charge in [-0.25, -0.2) is 0 Å². The van der Waals surface area contributed by atoms with E-state index in [1.165, 1.54) is 12.8 Å². The lowest BCUT2D eigenvalue weighted by atomic mass is 9.68. The average molecular weight is 241 g/mol. The highest BCUT2D eigenvalue weighted by Crippen LogP contribution is 2.39. The molecule has 0 aromatic heterocycles. The maximum Gasteiger partial charge on any atom is 0.307 e. The number of carbonyl (C=O) groups is 1. The molecule has 0 aromatic rings. The van der Waals surface area contributed by atoms with Crippen molar-refractivity contribution in [2.24, 2.45) is 11.8 Å². The van der Waals surface area contributed by atoms with Gasteiger partial charge in [0.2, 0.25) is 0 Å². The van der Waals surface area contributed by atoms with Crippen molar-refractivity contribution >= 4 is 5.97 Å². The Labute approximate surface area is 105 Å². The van der Waals surface area contributed by atoms with E-state index < -0.39 is 0 Å². The van der Waals surface area contributed by atoms with Crippen molar-refractivity contribution in [2.45, 2.75) is 58.9 Å². The third kappa shape index (κ3) is 3.70. The minimum absolute atomic E-state index is 0.0430. The molecule has 3 unspecified atom stereocenters. The van der Waals surface area contributed by atoms with Gasteiger partial charge in [0, 0.05) is 5.54 Å². The molecule has 1 aliphatic carbocycles. The van der Waals surface area contributed by atoms with E-state index in [-0.39, 0.29) is 11.5 Å². The van der Waals surface area contributed by atoms with Crippen molar-refractivity contribution in [3.63, 3.8) is 0 Å². The first kappa shape index (κ1) is 14.5. The zero-order valence-corrected chi connectivity index (χ0v) is 11.7. The van der Waals surface area contributed by atoms with Crippen LogP contribution in [0.5, 0.6) is 0 Å². The Kier molecular flexibility index (Phi) is 5.44. The molecule has 1 rings (SSSR count). The topological polar surface area (TPSA) is 38.3 Å². The van der Waals surface area contributed by atoms with Gasteiger partial charge < -0.3 is 10.1 Å². The molecule has 0 spiro atoms.